The predicted molar refractivity (Wildman–Crippen MR) is 161 cm³/mol. The SMILES string of the molecule is COc1ccc(C2=NN(C(=O)CN(CCN3CCOCC3)C(=O)c3ccccc3Cl)[C@H](c3ccccc3OC)C2)cc1. The minimum Gasteiger partial charge on any atom is -0.497 e. The number of nitrogens with zero attached hydrogens (tertiary/aromatic N) is 4. The van der Waals surface area contributed by atoms with Crippen LogP contribution in [0.15, 0.2) is 77.9 Å². The molecule has 0 saturated carbocycles. The number of methoxy groups -OCH3 is 2. The molecule has 2 aliphatic rings. The van der Waals surface area contributed by atoms with Gasteiger partial charge >= 0.3 is 0 Å². The van der Waals surface area contributed by atoms with Crippen molar-refractivity contribution in [3.8, 4) is 11.5 Å². The first-order valence-corrected chi connectivity index (χ1v) is 14.4. The van der Waals surface area contributed by atoms with Crippen LogP contribution in [-0.2, 0) is 9.53 Å². The topological polar surface area (TPSA) is 83.9 Å². The van der Waals surface area contributed by atoms with Crippen molar-refractivity contribution in [2.24, 2.45) is 5.10 Å². The first-order chi connectivity index (χ1) is 20.5. The van der Waals surface area contributed by atoms with Gasteiger partial charge in [0.25, 0.3) is 11.8 Å². The molecule has 2 heterocycles. The van der Waals surface area contributed by atoms with E-state index >= 15 is 0 Å². The average Bonchev–Trinajstić information content (AvgIpc) is 3.49. The van der Waals surface area contributed by atoms with Crippen LogP contribution in [0.1, 0.15) is 33.9 Å². The van der Waals surface area contributed by atoms with Crippen molar-refractivity contribution in [2.45, 2.75) is 12.5 Å². The lowest BCUT2D eigenvalue weighted by molar-refractivity contribution is -0.133. The third-order valence-corrected chi connectivity index (χ3v) is 7.92. The number of carbonyl (C=O) groups is 2. The molecule has 0 unspecified atom stereocenters. The van der Waals surface area contributed by atoms with Crippen molar-refractivity contribution >= 4 is 29.1 Å². The van der Waals surface area contributed by atoms with Gasteiger partial charge in [-0.1, -0.05) is 41.9 Å². The maximum Gasteiger partial charge on any atom is 0.262 e. The molecule has 42 heavy (non-hydrogen) atoms. The van der Waals surface area contributed by atoms with Gasteiger partial charge in [-0.2, -0.15) is 5.10 Å². The van der Waals surface area contributed by atoms with Gasteiger partial charge in [0, 0.05) is 38.2 Å². The maximum absolute atomic E-state index is 14.1. The Morgan fingerprint density at radius 3 is 2.40 bits per heavy atom. The van der Waals surface area contributed by atoms with Crippen LogP contribution in [0.25, 0.3) is 0 Å². The minimum atomic E-state index is -0.401. The number of para-hydroxylation sites is 1. The highest BCUT2D eigenvalue weighted by molar-refractivity contribution is 6.33. The molecule has 9 nitrogen and oxygen atoms in total. The van der Waals surface area contributed by atoms with Crippen LogP contribution in [0.4, 0.5) is 0 Å². The fourth-order valence-electron chi connectivity index (χ4n) is 5.26. The summed E-state index contributed by atoms with van der Waals surface area (Å²) in [6.45, 7) is 3.67. The smallest absolute Gasteiger partial charge is 0.262 e. The number of hydrazone groups is 1. The van der Waals surface area contributed by atoms with Crippen LogP contribution in [0.3, 0.4) is 0 Å². The molecule has 0 aliphatic carbocycles. The number of benzene rings is 3. The molecule has 0 spiro atoms. The fraction of sp³-hybridized carbons (Fsp3) is 0.344. The minimum absolute atomic E-state index is 0.153. The Balaban J connectivity index is 1.44. The van der Waals surface area contributed by atoms with Gasteiger partial charge < -0.3 is 19.1 Å². The maximum atomic E-state index is 14.1. The van der Waals surface area contributed by atoms with Gasteiger partial charge in [0.2, 0.25) is 0 Å². The van der Waals surface area contributed by atoms with Gasteiger partial charge in [0.05, 0.1) is 49.8 Å². The van der Waals surface area contributed by atoms with Gasteiger partial charge in [-0.15, -0.1) is 0 Å². The van der Waals surface area contributed by atoms with Crippen molar-refractivity contribution in [3.05, 3.63) is 94.5 Å². The molecule has 0 bridgehead atoms. The molecule has 2 amide bonds. The lowest BCUT2D eigenvalue weighted by Gasteiger charge is -2.31. The summed E-state index contributed by atoms with van der Waals surface area (Å²) >= 11 is 6.41. The second-order valence-corrected chi connectivity index (χ2v) is 10.5. The number of carbonyl (C=O) groups excluding carboxylic acids is 2. The lowest BCUT2D eigenvalue weighted by atomic mass is 9.97. The number of ether oxygens (including phenoxy) is 3. The summed E-state index contributed by atoms with van der Waals surface area (Å²) < 4.78 is 16.4. The molecule has 10 heteroatoms. The van der Waals surface area contributed by atoms with Crippen LogP contribution in [0.5, 0.6) is 11.5 Å². The Kier molecular flexibility index (Phi) is 9.74. The van der Waals surface area contributed by atoms with Gasteiger partial charge in [0.15, 0.2) is 0 Å². The molecule has 0 N–H and O–H groups in total. The largest absolute Gasteiger partial charge is 0.497 e. The molecule has 0 radical (unpaired) electrons. The first kappa shape index (κ1) is 29.6. The Morgan fingerprint density at radius 2 is 1.69 bits per heavy atom. The van der Waals surface area contributed by atoms with E-state index in [4.69, 9.17) is 30.9 Å². The molecule has 220 valence electrons. The van der Waals surface area contributed by atoms with Crippen LogP contribution in [-0.4, -0.2) is 92.5 Å². The van der Waals surface area contributed by atoms with Crippen molar-refractivity contribution in [2.75, 3.05) is 60.2 Å². The molecule has 3 aromatic carbocycles. The van der Waals surface area contributed by atoms with E-state index in [1.165, 1.54) is 5.01 Å². The Hall–Kier alpha value is -3.92. The van der Waals surface area contributed by atoms with Crippen molar-refractivity contribution in [3.63, 3.8) is 0 Å². The van der Waals surface area contributed by atoms with Crippen molar-refractivity contribution in [1.82, 2.24) is 14.8 Å². The molecule has 0 aromatic heterocycles. The molecular weight excluding hydrogens is 556 g/mol. The van der Waals surface area contributed by atoms with E-state index in [2.05, 4.69) is 4.90 Å². The zero-order chi connectivity index (χ0) is 29.5. The number of hydrogen-bond donors (Lipinski definition) is 0. The summed E-state index contributed by atoms with van der Waals surface area (Å²) in [4.78, 5) is 31.6. The summed E-state index contributed by atoms with van der Waals surface area (Å²) in [7, 11) is 3.23. The highest BCUT2D eigenvalue weighted by Gasteiger charge is 2.36. The Morgan fingerprint density at radius 1 is 0.976 bits per heavy atom. The van der Waals surface area contributed by atoms with Crippen molar-refractivity contribution < 1.29 is 23.8 Å². The summed E-state index contributed by atoms with van der Waals surface area (Å²) in [5.74, 6) is 0.815. The fourth-order valence-corrected chi connectivity index (χ4v) is 5.48. The Labute approximate surface area is 251 Å². The quantitative estimate of drug-likeness (QED) is 0.346. The van der Waals surface area contributed by atoms with Gasteiger partial charge in [-0.05, 0) is 48.0 Å². The van der Waals surface area contributed by atoms with Gasteiger partial charge in [-0.3, -0.25) is 14.5 Å². The van der Waals surface area contributed by atoms with E-state index in [1.54, 1.807) is 43.4 Å². The monoisotopic (exact) mass is 590 g/mol. The second kappa shape index (κ2) is 13.8. The zero-order valence-electron chi connectivity index (χ0n) is 23.9. The van der Waals surface area contributed by atoms with Crippen LogP contribution in [0.2, 0.25) is 5.02 Å². The summed E-state index contributed by atoms with van der Waals surface area (Å²) in [6.07, 6.45) is 0.491. The van der Waals surface area contributed by atoms with Gasteiger partial charge in [-0.25, -0.2) is 5.01 Å². The highest BCUT2D eigenvalue weighted by atomic mass is 35.5. The summed E-state index contributed by atoms with van der Waals surface area (Å²) in [6, 6.07) is 21.7. The predicted octanol–water partition coefficient (Wildman–Crippen LogP) is 4.51. The molecule has 5 rings (SSSR count). The van der Waals surface area contributed by atoms with E-state index in [-0.39, 0.29) is 18.4 Å². The third kappa shape index (κ3) is 6.75. The molecule has 1 fully saturated rings. The number of halogens is 1. The summed E-state index contributed by atoms with van der Waals surface area (Å²) in [5, 5.41) is 6.66. The Bertz CT molecular complexity index is 1420. The molecule has 1 atom stereocenters. The molecule has 3 aromatic rings. The van der Waals surface area contributed by atoms with E-state index in [0.717, 1.165) is 35.7 Å². The number of amides is 2. The molecule has 2 aliphatic heterocycles. The normalized spacial score (nSPS) is 17.1. The van der Waals surface area contributed by atoms with Gasteiger partial charge in [0.1, 0.15) is 18.0 Å². The van der Waals surface area contributed by atoms with E-state index in [0.29, 0.717) is 49.1 Å². The highest BCUT2D eigenvalue weighted by Crippen LogP contribution is 2.37. The average molecular weight is 591 g/mol. The molecular formula is C32H35ClN4O5. The van der Waals surface area contributed by atoms with E-state index in [1.807, 2.05) is 48.5 Å². The van der Waals surface area contributed by atoms with Crippen LogP contribution in [0, 0.1) is 0 Å². The lowest BCUT2D eigenvalue weighted by Crippen LogP contribution is -2.46. The molecule has 1 saturated heterocycles. The third-order valence-electron chi connectivity index (χ3n) is 7.59. The van der Waals surface area contributed by atoms with E-state index < -0.39 is 6.04 Å². The van der Waals surface area contributed by atoms with E-state index in [9.17, 15) is 9.59 Å². The second-order valence-electron chi connectivity index (χ2n) is 10.1. The standard InChI is InChI=1S/C32H35ClN4O5/c1-40-24-13-11-23(12-14-24)28-21-29(26-8-4-6-10-30(26)41-2)37(34-28)31(38)22-36(16-15-35-17-19-42-20-18-35)32(39)25-7-3-5-9-27(25)33/h3-14,29H,15-22H2,1-2H3/t29-/m0/s1. The number of rotatable bonds is 10. The van der Waals surface area contributed by atoms with Crippen LogP contribution >= 0.6 is 11.6 Å². The number of hydrogen-bond acceptors (Lipinski definition) is 7. The first-order valence-electron chi connectivity index (χ1n) is 14.0. The summed E-state index contributed by atoms with van der Waals surface area (Å²) in [5.41, 5.74) is 2.86. The van der Waals surface area contributed by atoms with Crippen LogP contribution < -0.4 is 9.47 Å². The van der Waals surface area contributed by atoms with Crippen molar-refractivity contribution in [1.29, 1.82) is 0 Å². The zero-order valence-corrected chi connectivity index (χ0v) is 24.6. The number of morpholine rings is 1.